The third-order valence-corrected chi connectivity index (χ3v) is 6.16. The van der Waals surface area contributed by atoms with Gasteiger partial charge in [0.05, 0.1) is 12.1 Å². The molecular formula is C29H25N5O2. The third-order valence-electron chi connectivity index (χ3n) is 6.16. The Balaban J connectivity index is 1.42. The molecule has 0 saturated heterocycles. The van der Waals surface area contributed by atoms with Crippen molar-refractivity contribution in [2.45, 2.75) is 13.2 Å². The van der Waals surface area contributed by atoms with Crippen LogP contribution < -0.4 is 21.8 Å². The van der Waals surface area contributed by atoms with Gasteiger partial charge in [-0.2, -0.15) is 0 Å². The van der Waals surface area contributed by atoms with Gasteiger partial charge in [0.15, 0.2) is 0 Å². The van der Waals surface area contributed by atoms with E-state index in [-0.39, 0.29) is 17.2 Å². The highest BCUT2D eigenvalue weighted by Gasteiger charge is 2.08. The number of amidine groups is 2. The number of aromatic nitrogens is 1. The second kappa shape index (κ2) is 9.38. The zero-order valence-electron chi connectivity index (χ0n) is 19.5. The van der Waals surface area contributed by atoms with Gasteiger partial charge in [0.1, 0.15) is 24.0 Å². The summed E-state index contributed by atoms with van der Waals surface area (Å²) in [5.41, 5.74) is 15.2. The number of nitrogens with zero attached hydrogens (tertiary/aromatic N) is 1. The summed E-state index contributed by atoms with van der Waals surface area (Å²) in [6.45, 7) is 0.750. The molecule has 1 heterocycles. The highest BCUT2D eigenvalue weighted by Crippen LogP contribution is 2.23. The molecule has 0 spiro atoms. The number of nitrogen functional groups attached to an aromatic ring is 2. The molecule has 178 valence electrons. The first-order valence-corrected chi connectivity index (χ1v) is 11.4. The van der Waals surface area contributed by atoms with Crippen LogP contribution in [0, 0.1) is 10.8 Å². The molecule has 5 rings (SSSR count). The lowest BCUT2D eigenvalue weighted by Crippen LogP contribution is -2.19. The van der Waals surface area contributed by atoms with Gasteiger partial charge in [-0.25, -0.2) is 0 Å². The summed E-state index contributed by atoms with van der Waals surface area (Å²) < 4.78 is 7.72. The quantitative estimate of drug-likeness (QED) is 0.206. The number of hydrogen-bond acceptors (Lipinski definition) is 4. The Morgan fingerprint density at radius 1 is 0.722 bits per heavy atom. The topological polar surface area (TPSA) is 131 Å². The Morgan fingerprint density at radius 2 is 1.47 bits per heavy atom. The first-order valence-electron chi connectivity index (χ1n) is 11.4. The first kappa shape index (κ1) is 22.9. The van der Waals surface area contributed by atoms with Crippen molar-refractivity contribution in [1.29, 1.82) is 10.8 Å². The van der Waals surface area contributed by atoms with Crippen LogP contribution in [0.3, 0.4) is 0 Å². The van der Waals surface area contributed by atoms with Crippen LogP contribution in [0.2, 0.25) is 0 Å². The number of ether oxygens (including phenoxy) is 1. The molecule has 0 saturated carbocycles. The molecular weight excluding hydrogens is 450 g/mol. The predicted molar refractivity (Wildman–Crippen MR) is 144 cm³/mol. The van der Waals surface area contributed by atoms with Crippen molar-refractivity contribution >= 4 is 33.3 Å². The largest absolute Gasteiger partial charge is 0.489 e. The summed E-state index contributed by atoms with van der Waals surface area (Å²) in [6.07, 6.45) is 0. The fraction of sp³-hybridized carbons (Fsp3) is 0.0690. The molecule has 0 bridgehead atoms. The third kappa shape index (κ3) is 4.67. The van der Waals surface area contributed by atoms with Crippen LogP contribution >= 0.6 is 0 Å². The fourth-order valence-electron chi connectivity index (χ4n) is 4.27. The van der Waals surface area contributed by atoms with Crippen molar-refractivity contribution in [3.63, 3.8) is 0 Å². The lowest BCUT2D eigenvalue weighted by atomic mass is 10.0. The maximum absolute atomic E-state index is 12.8. The van der Waals surface area contributed by atoms with E-state index < -0.39 is 0 Å². The molecule has 7 heteroatoms. The molecule has 1 aromatic heterocycles. The molecule has 7 nitrogen and oxygen atoms in total. The van der Waals surface area contributed by atoms with E-state index in [4.69, 9.17) is 27.0 Å². The van der Waals surface area contributed by atoms with Crippen molar-refractivity contribution in [2.24, 2.45) is 11.5 Å². The van der Waals surface area contributed by atoms with Crippen LogP contribution in [0.4, 0.5) is 0 Å². The average Bonchev–Trinajstić information content (AvgIpc) is 2.88. The summed E-state index contributed by atoms with van der Waals surface area (Å²) in [6, 6.07) is 28.2. The van der Waals surface area contributed by atoms with E-state index in [1.54, 1.807) is 22.8 Å². The molecule has 0 fully saturated rings. The van der Waals surface area contributed by atoms with Gasteiger partial charge in [-0.15, -0.1) is 0 Å². The Kier molecular flexibility index (Phi) is 5.96. The number of hydrogen-bond donors (Lipinski definition) is 4. The van der Waals surface area contributed by atoms with Crippen molar-refractivity contribution in [1.82, 2.24) is 4.57 Å². The zero-order valence-corrected chi connectivity index (χ0v) is 19.5. The maximum atomic E-state index is 12.8. The monoisotopic (exact) mass is 475 g/mol. The van der Waals surface area contributed by atoms with Crippen LogP contribution in [-0.4, -0.2) is 16.2 Å². The number of nitrogens with two attached hydrogens (primary N) is 2. The Labute approximate surface area is 207 Å². The van der Waals surface area contributed by atoms with Gasteiger partial charge in [0.2, 0.25) is 0 Å². The van der Waals surface area contributed by atoms with Crippen molar-refractivity contribution in [2.75, 3.05) is 0 Å². The van der Waals surface area contributed by atoms with Gasteiger partial charge < -0.3 is 20.8 Å². The van der Waals surface area contributed by atoms with Gasteiger partial charge in [0, 0.05) is 22.6 Å². The number of rotatable bonds is 7. The molecule has 6 N–H and O–H groups in total. The van der Waals surface area contributed by atoms with Crippen LogP contribution in [0.25, 0.3) is 21.7 Å². The van der Waals surface area contributed by atoms with Gasteiger partial charge in [0.25, 0.3) is 5.56 Å². The lowest BCUT2D eigenvalue weighted by molar-refractivity contribution is 0.306. The normalized spacial score (nSPS) is 11.0. The molecule has 0 radical (unpaired) electrons. The maximum Gasteiger partial charge on any atom is 0.251 e. The van der Waals surface area contributed by atoms with Crippen molar-refractivity contribution in [3.8, 4) is 5.75 Å². The molecule has 0 amide bonds. The van der Waals surface area contributed by atoms with Crippen LogP contribution in [0.5, 0.6) is 5.75 Å². The molecule has 36 heavy (non-hydrogen) atoms. The fourth-order valence-corrected chi connectivity index (χ4v) is 4.27. The molecule has 0 aliphatic rings. The average molecular weight is 476 g/mol. The smallest absolute Gasteiger partial charge is 0.251 e. The Bertz CT molecular complexity index is 1700. The second-order valence-electron chi connectivity index (χ2n) is 8.69. The highest BCUT2D eigenvalue weighted by atomic mass is 16.5. The zero-order chi connectivity index (χ0) is 25.2. The number of fused-ring (bicyclic) bond motifs is 2. The SMILES string of the molecule is N=C(N)c1cccc(COc2ccc3c(ccc(=O)n3Cc3ccc4ccc(C(=N)N)cc4c3)c2)c1. The van der Waals surface area contributed by atoms with Crippen LogP contribution in [-0.2, 0) is 13.2 Å². The van der Waals surface area contributed by atoms with Crippen LogP contribution in [0.15, 0.2) is 95.8 Å². The van der Waals surface area contributed by atoms with E-state index in [1.165, 1.54) is 0 Å². The van der Waals surface area contributed by atoms with E-state index >= 15 is 0 Å². The minimum atomic E-state index is -0.0881. The van der Waals surface area contributed by atoms with Gasteiger partial charge in [-0.3, -0.25) is 15.6 Å². The minimum absolute atomic E-state index is 0.0197. The summed E-state index contributed by atoms with van der Waals surface area (Å²) in [7, 11) is 0. The Morgan fingerprint density at radius 3 is 2.28 bits per heavy atom. The summed E-state index contributed by atoms with van der Waals surface area (Å²) in [5.74, 6) is 0.729. The van der Waals surface area contributed by atoms with E-state index in [2.05, 4.69) is 0 Å². The Hall–Kier alpha value is -4.91. The van der Waals surface area contributed by atoms with Gasteiger partial charge in [-0.05, 0) is 64.4 Å². The molecule has 4 aromatic carbocycles. The van der Waals surface area contributed by atoms with Gasteiger partial charge >= 0.3 is 0 Å². The number of pyridine rings is 1. The summed E-state index contributed by atoms with van der Waals surface area (Å²) in [4.78, 5) is 12.8. The van der Waals surface area contributed by atoms with E-state index in [0.717, 1.165) is 32.8 Å². The van der Waals surface area contributed by atoms with Crippen LogP contribution in [0.1, 0.15) is 22.3 Å². The second-order valence-corrected chi connectivity index (χ2v) is 8.69. The van der Waals surface area contributed by atoms with E-state index in [1.807, 2.05) is 72.8 Å². The summed E-state index contributed by atoms with van der Waals surface area (Å²) in [5, 5.41) is 18.2. The lowest BCUT2D eigenvalue weighted by Gasteiger charge is -2.13. The highest BCUT2D eigenvalue weighted by molar-refractivity contribution is 5.99. The van der Waals surface area contributed by atoms with Crippen molar-refractivity contribution in [3.05, 3.63) is 124 Å². The molecule has 0 aliphatic carbocycles. The molecule has 0 unspecified atom stereocenters. The standard InChI is InChI=1S/C29H25N5O2/c30-28(31)22-3-1-2-19(13-22)17-36-25-9-10-26-21(15-25)8-11-27(35)34(26)16-18-4-5-20-6-7-23(29(32)33)14-24(20)12-18/h1-15H,16-17H2,(H3,30,31)(H3,32,33). The van der Waals surface area contributed by atoms with Gasteiger partial charge in [-0.1, -0.05) is 42.5 Å². The van der Waals surface area contributed by atoms with Crippen molar-refractivity contribution < 1.29 is 4.74 Å². The summed E-state index contributed by atoms with van der Waals surface area (Å²) >= 11 is 0. The predicted octanol–water partition coefficient (Wildman–Crippen LogP) is 4.35. The number of benzene rings is 4. The molecule has 0 aliphatic heterocycles. The van der Waals surface area contributed by atoms with E-state index in [0.29, 0.717) is 30.0 Å². The first-order chi connectivity index (χ1) is 17.4. The minimum Gasteiger partial charge on any atom is -0.489 e. The molecule has 5 aromatic rings. The van der Waals surface area contributed by atoms with E-state index in [9.17, 15) is 4.79 Å². The number of nitrogens with one attached hydrogen (secondary N) is 2. The molecule has 0 atom stereocenters.